The van der Waals surface area contributed by atoms with E-state index in [0.717, 1.165) is 44.7 Å². The van der Waals surface area contributed by atoms with Gasteiger partial charge in [-0.3, -0.25) is 4.90 Å². The number of carbonyl (C=O) groups is 1. The Labute approximate surface area is 214 Å². The Balaban J connectivity index is 1.75. The maximum Gasteiger partial charge on any atom is 0.346 e. The van der Waals surface area contributed by atoms with Crippen LogP contribution in [-0.2, 0) is 24.6 Å². The highest BCUT2D eigenvalue weighted by Crippen LogP contribution is 2.47. The summed E-state index contributed by atoms with van der Waals surface area (Å²) in [6.45, 7) is 1.55. The van der Waals surface area contributed by atoms with E-state index >= 15 is 0 Å². The van der Waals surface area contributed by atoms with E-state index in [4.69, 9.17) is 4.74 Å². The molecule has 0 amide bonds. The fraction of sp³-hybridized carbons (Fsp3) is 0.167. The molecule has 6 heteroatoms. The van der Waals surface area contributed by atoms with Crippen molar-refractivity contribution in [2.24, 2.45) is 0 Å². The number of hydrogen-bond acceptors (Lipinski definition) is 4. The molecule has 0 unspecified atom stereocenters. The molecule has 5 rings (SSSR count). The van der Waals surface area contributed by atoms with E-state index in [1.165, 1.54) is 16.9 Å². The predicted molar refractivity (Wildman–Crippen MR) is 146 cm³/mol. The van der Waals surface area contributed by atoms with Gasteiger partial charge in [0.2, 0.25) is 0 Å². The normalized spacial score (nSPS) is 11.4. The van der Waals surface area contributed by atoms with Gasteiger partial charge in [0.25, 0.3) is 0 Å². The van der Waals surface area contributed by atoms with Crippen molar-refractivity contribution in [1.29, 1.82) is 0 Å². The van der Waals surface area contributed by atoms with Gasteiger partial charge >= 0.3 is 5.97 Å². The molecule has 0 radical (unpaired) electrons. The molecule has 182 valence electrons. The molecule has 1 N–H and O–H groups in total. The van der Waals surface area contributed by atoms with Crippen LogP contribution in [0.25, 0.3) is 32.6 Å². The Morgan fingerprint density at radius 1 is 0.889 bits per heavy atom. The molecule has 0 aliphatic carbocycles. The monoisotopic (exact) mass is 496 g/mol. The topological polar surface area (TPSA) is 54.7 Å². The van der Waals surface area contributed by atoms with E-state index in [1.54, 1.807) is 7.11 Å². The zero-order valence-corrected chi connectivity index (χ0v) is 21.2. The minimum Gasteiger partial charge on any atom is -0.477 e. The molecule has 2 heterocycles. The van der Waals surface area contributed by atoms with Crippen molar-refractivity contribution in [3.8, 4) is 22.4 Å². The fourth-order valence-corrected chi connectivity index (χ4v) is 6.06. The Morgan fingerprint density at radius 3 is 2.06 bits per heavy atom. The van der Waals surface area contributed by atoms with Gasteiger partial charge in [0.15, 0.2) is 0 Å². The van der Waals surface area contributed by atoms with Crippen LogP contribution >= 0.6 is 11.3 Å². The quantitative estimate of drug-likeness (QED) is 0.239. The number of carboxylic acid groups (broad SMARTS) is 1. The molecule has 0 spiro atoms. The molecule has 5 aromatic rings. The number of fused-ring (bicyclic) bond motifs is 1. The number of carboxylic acids is 1. The number of thiophene rings is 1. The van der Waals surface area contributed by atoms with E-state index < -0.39 is 5.97 Å². The van der Waals surface area contributed by atoms with Crippen molar-refractivity contribution in [2.45, 2.75) is 19.8 Å². The highest BCUT2D eigenvalue weighted by atomic mass is 32.1. The molecule has 0 bridgehead atoms. The van der Waals surface area contributed by atoms with Crippen LogP contribution in [0.15, 0.2) is 91.0 Å². The number of aromatic nitrogens is 1. The van der Waals surface area contributed by atoms with Crippen LogP contribution in [0.5, 0.6) is 0 Å². The van der Waals surface area contributed by atoms with Crippen LogP contribution in [0.1, 0.15) is 20.8 Å². The van der Waals surface area contributed by atoms with Crippen molar-refractivity contribution < 1.29 is 14.6 Å². The first-order chi connectivity index (χ1) is 17.6. The van der Waals surface area contributed by atoms with Gasteiger partial charge in [0, 0.05) is 31.3 Å². The Kier molecular flexibility index (Phi) is 7.00. The summed E-state index contributed by atoms with van der Waals surface area (Å²) < 4.78 is 8.79. The van der Waals surface area contributed by atoms with Gasteiger partial charge in [-0.2, -0.15) is 0 Å². The minimum atomic E-state index is -0.899. The largest absolute Gasteiger partial charge is 0.477 e. The molecular formula is C30H28N2O3S. The van der Waals surface area contributed by atoms with Gasteiger partial charge in [-0.05, 0) is 23.7 Å². The van der Waals surface area contributed by atoms with Gasteiger partial charge < -0.3 is 14.4 Å². The lowest BCUT2D eigenvalue weighted by Gasteiger charge is -2.18. The molecule has 0 fully saturated rings. The molecule has 3 aromatic carbocycles. The van der Waals surface area contributed by atoms with Gasteiger partial charge in [0.1, 0.15) is 11.6 Å². The summed E-state index contributed by atoms with van der Waals surface area (Å²) in [5.41, 5.74) is 7.13. The number of rotatable bonds is 9. The zero-order chi connectivity index (χ0) is 25.1. The van der Waals surface area contributed by atoms with Crippen molar-refractivity contribution >= 4 is 27.5 Å². The first-order valence-corrected chi connectivity index (χ1v) is 12.6. The molecule has 2 aromatic heterocycles. The van der Waals surface area contributed by atoms with Gasteiger partial charge in [0.05, 0.1) is 15.9 Å². The third-order valence-electron chi connectivity index (χ3n) is 6.27. The highest BCUT2D eigenvalue weighted by Gasteiger charge is 2.29. The van der Waals surface area contributed by atoms with Crippen molar-refractivity contribution in [1.82, 2.24) is 9.47 Å². The minimum absolute atomic E-state index is 0.318. The van der Waals surface area contributed by atoms with Crippen molar-refractivity contribution in [3.63, 3.8) is 0 Å². The maximum absolute atomic E-state index is 12.5. The van der Waals surface area contributed by atoms with Crippen LogP contribution in [0, 0.1) is 0 Å². The lowest BCUT2D eigenvalue weighted by Crippen LogP contribution is -2.19. The zero-order valence-electron chi connectivity index (χ0n) is 20.3. The Hall–Kier alpha value is -3.71. The molecule has 0 saturated heterocycles. The number of methoxy groups -OCH3 is 1. The molecule has 5 nitrogen and oxygen atoms in total. The standard InChI is InChI=1S/C30H28N2O3S/c1-31(18-21-12-6-3-7-13-21)19-24-27-29(36-28(24)30(33)34)25(22-14-8-4-9-15-22)26(32(27)20-35-2)23-16-10-5-11-17-23/h3-17H,18-20H2,1-2H3,(H,33,34). The van der Waals surface area contributed by atoms with Gasteiger partial charge in [-0.15, -0.1) is 11.3 Å². The number of aromatic carboxylic acids is 1. The molecule has 36 heavy (non-hydrogen) atoms. The molecule has 0 atom stereocenters. The average molecular weight is 497 g/mol. The van der Waals surface area contributed by atoms with E-state index in [0.29, 0.717) is 18.2 Å². The third-order valence-corrected chi connectivity index (χ3v) is 7.50. The van der Waals surface area contributed by atoms with Crippen molar-refractivity contribution in [3.05, 3.63) is 107 Å². The summed E-state index contributed by atoms with van der Waals surface area (Å²) >= 11 is 1.35. The van der Waals surface area contributed by atoms with Gasteiger partial charge in [-0.1, -0.05) is 91.0 Å². The number of benzene rings is 3. The lowest BCUT2D eigenvalue weighted by molar-refractivity contribution is 0.0700. The first-order valence-electron chi connectivity index (χ1n) is 11.8. The summed E-state index contributed by atoms with van der Waals surface area (Å²) in [6.07, 6.45) is 0. The summed E-state index contributed by atoms with van der Waals surface area (Å²) in [7, 11) is 3.70. The SMILES string of the molecule is COCn1c(-c2ccccc2)c(-c2ccccc2)c2sc(C(=O)O)c(CN(C)Cc3ccccc3)c21. The van der Waals surface area contributed by atoms with Crippen LogP contribution in [-0.4, -0.2) is 34.7 Å². The second-order valence-electron chi connectivity index (χ2n) is 8.85. The molecule has 0 aliphatic heterocycles. The summed E-state index contributed by atoms with van der Waals surface area (Å²) in [4.78, 5) is 15.0. The van der Waals surface area contributed by atoms with Crippen LogP contribution in [0.4, 0.5) is 0 Å². The van der Waals surface area contributed by atoms with Crippen LogP contribution < -0.4 is 0 Å². The third kappa shape index (κ3) is 4.58. The summed E-state index contributed by atoms with van der Waals surface area (Å²) in [5, 5.41) is 10.2. The van der Waals surface area contributed by atoms with Crippen molar-refractivity contribution in [2.75, 3.05) is 14.2 Å². The van der Waals surface area contributed by atoms with E-state index in [-0.39, 0.29) is 0 Å². The van der Waals surface area contributed by atoms with Crippen LogP contribution in [0.3, 0.4) is 0 Å². The summed E-state index contributed by atoms with van der Waals surface area (Å²) in [5.74, 6) is -0.899. The fourth-order valence-electron chi connectivity index (χ4n) is 4.83. The number of ether oxygens (including phenoxy) is 1. The Bertz CT molecular complexity index is 1470. The van der Waals surface area contributed by atoms with Crippen LogP contribution in [0.2, 0.25) is 0 Å². The molecular weight excluding hydrogens is 468 g/mol. The second-order valence-corrected chi connectivity index (χ2v) is 9.87. The number of nitrogens with zero attached hydrogens (tertiary/aromatic N) is 2. The predicted octanol–water partition coefficient (Wildman–Crippen LogP) is 6.97. The van der Waals surface area contributed by atoms with E-state index in [1.807, 2.05) is 61.6 Å². The molecule has 0 saturated carbocycles. The summed E-state index contributed by atoms with van der Waals surface area (Å²) in [6, 6.07) is 30.7. The molecule has 0 aliphatic rings. The average Bonchev–Trinajstić information content (AvgIpc) is 3.41. The Morgan fingerprint density at radius 2 is 1.47 bits per heavy atom. The smallest absolute Gasteiger partial charge is 0.346 e. The first kappa shape index (κ1) is 24.0. The second kappa shape index (κ2) is 10.5. The lowest BCUT2D eigenvalue weighted by atomic mass is 10.0. The van der Waals surface area contributed by atoms with E-state index in [9.17, 15) is 9.90 Å². The number of hydrogen-bond donors (Lipinski definition) is 1. The maximum atomic E-state index is 12.5. The van der Waals surface area contributed by atoms with E-state index in [2.05, 4.69) is 45.9 Å². The van der Waals surface area contributed by atoms with Gasteiger partial charge in [-0.25, -0.2) is 4.79 Å². The highest BCUT2D eigenvalue weighted by molar-refractivity contribution is 7.21.